The maximum atomic E-state index is 14.4. The number of allylic oxidation sites excluding steroid dienone is 2. The molecule has 0 saturated heterocycles. The molecule has 0 saturated carbocycles. The number of rotatable bonds is 9. The number of hydrogen-bond acceptors (Lipinski definition) is 0. The van der Waals surface area contributed by atoms with Crippen LogP contribution in [0.15, 0.2) is 18.2 Å². The average molecular weight is 351 g/mol. The highest BCUT2D eigenvalue weighted by molar-refractivity contribution is 6.32. The Labute approximate surface area is 152 Å². The normalized spacial score (nSPS) is 17.8. The molecule has 0 heterocycles. The SMILES string of the molecule is CCCCCCCC1CC=C(c2ccc(CCC)c(F)c2Cl)CC1. The smallest absolute Gasteiger partial charge is 0.145 e. The quantitative estimate of drug-likeness (QED) is 0.396. The van der Waals surface area contributed by atoms with Gasteiger partial charge in [0.15, 0.2) is 0 Å². The molecule has 0 aliphatic heterocycles. The van der Waals surface area contributed by atoms with Crippen molar-refractivity contribution in [2.75, 3.05) is 0 Å². The Morgan fingerprint density at radius 2 is 1.88 bits per heavy atom. The molecule has 0 bridgehead atoms. The predicted molar refractivity (Wildman–Crippen MR) is 104 cm³/mol. The third-order valence-electron chi connectivity index (χ3n) is 5.26. The van der Waals surface area contributed by atoms with E-state index in [1.165, 1.54) is 50.5 Å². The molecule has 1 atom stereocenters. The standard InChI is InChI=1S/C22H32ClF/c1-3-5-6-7-8-10-17-11-13-18(14-12-17)20-16-15-19(9-4-2)22(24)21(20)23/h13,15-17H,3-12,14H2,1-2H3. The summed E-state index contributed by atoms with van der Waals surface area (Å²) in [4.78, 5) is 0. The van der Waals surface area contributed by atoms with Gasteiger partial charge >= 0.3 is 0 Å². The molecular formula is C22H32ClF. The van der Waals surface area contributed by atoms with Gasteiger partial charge in [0.1, 0.15) is 5.82 Å². The van der Waals surface area contributed by atoms with Crippen molar-refractivity contribution in [3.05, 3.63) is 40.2 Å². The first-order valence-corrected chi connectivity index (χ1v) is 10.2. The van der Waals surface area contributed by atoms with E-state index in [2.05, 4.69) is 19.9 Å². The molecule has 0 N–H and O–H groups in total. The van der Waals surface area contributed by atoms with E-state index in [9.17, 15) is 4.39 Å². The second-order valence-electron chi connectivity index (χ2n) is 7.22. The first-order valence-electron chi connectivity index (χ1n) is 9.83. The molecule has 1 aromatic carbocycles. The molecule has 0 radical (unpaired) electrons. The minimum atomic E-state index is -0.213. The van der Waals surface area contributed by atoms with Gasteiger partial charge in [-0.3, -0.25) is 0 Å². The van der Waals surface area contributed by atoms with Crippen LogP contribution < -0.4 is 0 Å². The lowest BCUT2D eigenvalue weighted by Gasteiger charge is -2.23. The summed E-state index contributed by atoms with van der Waals surface area (Å²) in [6.45, 7) is 4.32. The Balaban J connectivity index is 1.91. The molecule has 24 heavy (non-hydrogen) atoms. The van der Waals surface area contributed by atoms with Crippen LogP contribution in [0, 0.1) is 11.7 Å². The van der Waals surface area contributed by atoms with E-state index in [1.807, 2.05) is 12.1 Å². The van der Waals surface area contributed by atoms with Crippen molar-refractivity contribution < 1.29 is 4.39 Å². The van der Waals surface area contributed by atoms with E-state index in [4.69, 9.17) is 11.6 Å². The topological polar surface area (TPSA) is 0 Å². The van der Waals surface area contributed by atoms with Gasteiger partial charge in [-0.05, 0) is 48.3 Å². The lowest BCUT2D eigenvalue weighted by molar-refractivity contribution is 0.423. The summed E-state index contributed by atoms with van der Waals surface area (Å²) in [7, 11) is 0. The van der Waals surface area contributed by atoms with Gasteiger partial charge in [-0.15, -0.1) is 0 Å². The molecule has 0 spiro atoms. The molecule has 1 aliphatic carbocycles. The van der Waals surface area contributed by atoms with Crippen molar-refractivity contribution in [1.29, 1.82) is 0 Å². The van der Waals surface area contributed by atoms with Crippen LogP contribution in [0.2, 0.25) is 5.02 Å². The molecule has 2 heteroatoms. The van der Waals surface area contributed by atoms with Crippen molar-refractivity contribution in [2.45, 2.75) is 84.5 Å². The number of unbranched alkanes of at least 4 members (excludes halogenated alkanes) is 4. The molecule has 134 valence electrons. The van der Waals surface area contributed by atoms with Crippen molar-refractivity contribution in [3.63, 3.8) is 0 Å². The fourth-order valence-electron chi connectivity index (χ4n) is 3.73. The Morgan fingerprint density at radius 3 is 2.54 bits per heavy atom. The number of aryl methyl sites for hydroxylation is 1. The van der Waals surface area contributed by atoms with Crippen LogP contribution >= 0.6 is 11.6 Å². The Hall–Kier alpha value is -0.820. The van der Waals surface area contributed by atoms with E-state index >= 15 is 0 Å². The minimum absolute atomic E-state index is 0.213. The third kappa shape index (κ3) is 5.34. The third-order valence-corrected chi connectivity index (χ3v) is 5.63. The second kappa shape index (κ2) is 10.2. The highest BCUT2D eigenvalue weighted by Crippen LogP contribution is 2.37. The van der Waals surface area contributed by atoms with Gasteiger partial charge in [-0.25, -0.2) is 4.39 Å². The average Bonchev–Trinajstić information content (AvgIpc) is 2.60. The van der Waals surface area contributed by atoms with E-state index in [0.29, 0.717) is 5.02 Å². The van der Waals surface area contributed by atoms with E-state index in [1.54, 1.807) is 0 Å². The lowest BCUT2D eigenvalue weighted by Crippen LogP contribution is -2.06. The van der Waals surface area contributed by atoms with Gasteiger partial charge in [-0.2, -0.15) is 0 Å². The highest BCUT2D eigenvalue weighted by atomic mass is 35.5. The van der Waals surface area contributed by atoms with Crippen LogP contribution in [-0.4, -0.2) is 0 Å². The van der Waals surface area contributed by atoms with Crippen LogP contribution in [0.5, 0.6) is 0 Å². The molecule has 2 rings (SSSR count). The summed E-state index contributed by atoms with van der Waals surface area (Å²) in [6.07, 6.45) is 15.5. The van der Waals surface area contributed by atoms with Gasteiger partial charge in [0, 0.05) is 0 Å². The molecule has 1 unspecified atom stereocenters. The van der Waals surface area contributed by atoms with Crippen molar-refractivity contribution in [2.24, 2.45) is 5.92 Å². The minimum Gasteiger partial charge on any atom is -0.205 e. The summed E-state index contributed by atoms with van der Waals surface area (Å²) < 4.78 is 14.4. The molecule has 0 amide bonds. The van der Waals surface area contributed by atoms with Crippen molar-refractivity contribution in [3.8, 4) is 0 Å². The van der Waals surface area contributed by atoms with Crippen LogP contribution in [0.4, 0.5) is 4.39 Å². The van der Waals surface area contributed by atoms with Crippen molar-refractivity contribution in [1.82, 2.24) is 0 Å². The molecular weight excluding hydrogens is 319 g/mol. The Morgan fingerprint density at radius 1 is 1.08 bits per heavy atom. The molecule has 0 fully saturated rings. The highest BCUT2D eigenvalue weighted by Gasteiger charge is 2.19. The maximum absolute atomic E-state index is 14.4. The van der Waals surface area contributed by atoms with Gasteiger partial charge < -0.3 is 0 Å². The summed E-state index contributed by atoms with van der Waals surface area (Å²) in [5, 5.41) is 0.324. The van der Waals surface area contributed by atoms with Crippen LogP contribution in [0.3, 0.4) is 0 Å². The summed E-state index contributed by atoms with van der Waals surface area (Å²) in [5.74, 6) is 0.591. The summed E-state index contributed by atoms with van der Waals surface area (Å²) in [6, 6.07) is 3.94. The van der Waals surface area contributed by atoms with Crippen molar-refractivity contribution >= 4 is 17.2 Å². The molecule has 1 aromatic rings. The van der Waals surface area contributed by atoms with Crippen LogP contribution in [-0.2, 0) is 6.42 Å². The first-order chi connectivity index (χ1) is 11.7. The number of halogens is 2. The predicted octanol–water partition coefficient (Wildman–Crippen LogP) is 7.98. The molecule has 1 aliphatic rings. The van der Waals surface area contributed by atoms with Crippen LogP contribution in [0.1, 0.15) is 89.2 Å². The monoisotopic (exact) mass is 350 g/mol. The fraction of sp³-hybridized carbons (Fsp3) is 0.636. The molecule has 0 aromatic heterocycles. The zero-order valence-electron chi connectivity index (χ0n) is 15.3. The van der Waals surface area contributed by atoms with Gasteiger partial charge in [-0.1, -0.05) is 88.6 Å². The number of benzene rings is 1. The van der Waals surface area contributed by atoms with E-state index < -0.39 is 0 Å². The summed E-state index contributed by atoms with van der Waals surface area (Å²) in [5.41, 5.74) is 2.90. The Bertz CT molecular complexity index is 547. The van der Waals surface area contributed by atoms with E-state index in [0.717, 1.165) is 42.7 Å². The largest absolute Gasteiger partial charge is 0.205 e. The maximum Gasteiger partial charge on any atom is 0.145 e. The fourth-order valence-corrected chi connectivity index (χ4v) is 4.04. The zero-order valence-corrected chi connectivity index (χ0v) is 16.1. The van der Waals surface area contributed by atoms with Gasteiger partial charge in [0.2, 0.25) is 0 Å². The number of hydrogen-bond donors (Lipinski definition) is 0. The molecule has 0 nitrogen and oxygen atoms in total. The van der Waals surface area contributed by atoms with Crippen LogP contribution in [0.25, 0.3) is 5.57 Å². The second-order valence-corrected chi connectivity index (χ2v) is 7.60. The zero-order chi connectivity index (χ0) is 17.4. The van der Waals surface area contributed by atoms with Gasteiger partial charge in [0.25, 0.3) is 0 Å². The summed E-state index contributed by atoms with van der Waals surface area (Å²) >= 11 is 6.32. The van der Waals surface area contributed by atoms with Gasteiger partial charge in [0.05, 0.1) is 5.02 Å². The van der Waals surface area contributed by atoms with E-state index in [-0.39, 0.29) is 5.82 Å². The Kier molecular flexibility index (Phi) is 8.32. The lowest BCUT2D eigenvalue weighted by atomic mass is 9.83. The first kappa shape index (κ1) is 19.5.